The summed E-state index contributed by atoms with van der Waals surface area (Å²) in [5.74, 6) is 1.43. The van der Waals surface area contributed by atoms with E-state index in [-0.39, 0.29) is 0 Å². The van der Waals surface area contributed by atoms with Crippen molar-refractivity contribution in [2.45, 2.75) is 32.2 Å². The van der Waals surface area contributed by atoms with Gasteiger partial charge in [-0.25, -0.2) is 4.98 Å². The van der Waals surface area contributed by atoms with Crippen LogP contribution in [0.1, 0.15) is 36.0 Å². The molecule has 1 fully saturated rings. The molecule has 1 aliphatic heterocycles. The minimum Gasteiger partial charge on any atom is -0.340 e. The third-order valence-electron chi connectivity index (χ3n) is 4.52. The third-order valence-corrected chi connectivity index (χ3v) is 4.52. The largest absolute Gasteiger partial charge is 0.340 e. The van der Waals surface area contributed by atoms with Crippen molar-refractivity contribution >= 4 is 5.65 Å². The maximum atomic E-state index is 4.57. The third kappa shape index (κ3) is 2.84. The molecule has 0 spiro atoms. The van der Waals surface area contributed by atoms with Crippen LogP contribution in [-0.4, -0.2) is 47.4 Å². The number of rotatable bonds is 3. The molecule has 3 aromatic heterocycles. The molecule has 0 atom stereocenters. The fraction of sp³-hybridized carbons (Fsp3) is 0.500. The summed E-state index contributed by atoms with van der Waals surface area (Å²) in [5, 5.41) is 13.2. The van der Waals surface area contributed by atoms with Gasteiger partial charge in [-0.3, -0.25) is 4.90 Å². The van der Waals surface area contributed by atoms with Crippen molar-refractivity contribution in [3.63, 3.8) is 0 Å². The average Bonchev–Trinajstić information content (AvgIpc) is 3.14. The number of imidazole rings is 1. The lowest BCUT2D eigenvalue weighted by atomic mass is 9.96. The summed E-state index contributed by atoms with van der Waals surface area (Å²) < 4.78 is 3.91. The molecule has 7 nitrogen and oxygen atoms in total. The summed E-state index contributed by atoms with van der Waals surface area (Å²) in [5.41, 5.74) is 2.96. The molecule has 0 amide bonds. The number of likely N-dealkylation sites (tertiary alicyclic amines) is 1. The fourth-order valence-electron chi connectivity index (χ4n) is 3.28. The minimum atomic E-state index is 0.430. The van der Waals surface area contributed by atoms with Crippen molar-refractivity contribution in [1.82, 2.24) is 34.3 Å². The number of piperidine rings is 1. The summed E-state index contributed by atoms with van der Waals surface area (Å²) in [4.78, 5) is 6.87. The van der Waals surface area contributed by atoms with Crippen LogP contribution in [0.25, 0.3) is 5.65 Å². The van der Waals surface area contributed by atoms with Crippen molar-refractivity contribution in [1.29, 1.82) is 0 Å². The molecule has 0 saturated carbocycles. The minimum absolute atomic E-state index is 0.430. The van der Waals surface area contributed by atoms with Gasteiger partial charge in [0.1, 0.15) is 0 Å². The summed E-state index contributed by atoms with van der Waals surface area (Å²) in [6, 6.07) is 3.96. The van der Waals surface area contributed by atoms with Gasteiger partial charge in [-0.1, -0.05) is 0 Å². The van der Waals surface area contributed by atoms with E-state index in [1.165, 1.54) is 0 Å². The average molecular weight is 311 g/mol. The lowest BCUT2D eigenvalue weighted by Crippen LogP contribution is -2.33. The van der Waals surface area contributed by atoms with Crippen LogP contribution in [-0.2, 0) is 13.6 Å². The van der Waals surface area contributed by atoms with Gasteiger partial charge in [-0.2, -0.15) is 9.61 Å². The van der Waals surface area contributed by atoms with Gasteiger partial charge < -0.3 is 4.57 Å². The Labute approximate surface area is 135 Å². The molecule has 0 bridgehead atoms. The topological polar surface area (TPSA) is 64.1 Å². The molecule has 4 rings (SSSR count). The predicted octanol–water partition coefficient (Wildman–Crippen LogP) is 1.55. The monoisotopic (exact) mass is 311 g/mol. The van der Waals surface area contributed by atoms with Crippen LogP contribution in [0.2, 0.25) is 0 Å². The van der Waals surface area contributed by atoms with Crippen LogP contribution in [0.15, 0.2) is 24.7 Å². The quantitative estimate of drug-likeness (QED) is 0.734. The summed E-state index contributed by atoms with van der Waals surface area (Å²) >= 11 is 0. The maximum Gasteiger partial charge on any atom is 0.177 e. The SMILES string of the molecule is Cc1ccc2nnc(C3CCN(Cc4cn(C)cn4)CC3)n2n1. The molecule has 120 valence electrons. The van der Waals surface area contributed by atoms with Gasteiger partial charge in [0.15, 0.2) is 11.5 Å². The zero-order valence-electron chi connectivity index (χ0n) is 13.6. The molecule has 4 heterocycles. The molecule has 0 unspecified atom stereocenters. The summed E-state index contributed by atoms with van der Waals surface area (Å²) in [6.45, 7) is 5.04. The maximum absolute atomic E-state index is 4.57. The highest BCUT2D eigenvalue weighted by Gasteiger charge is 2.25. The number of fused-ring (bicyclic) bond motifs is 1. The van der Waals surface area contributed by atoms with Gasteiger partial charge >= 0.3 is 0 Å². The normalized spacial score (nSPS) is 17.1. The highest BCUT2D eigenvalue weighted by atomic mass is 15.4. The van der Waals surface area contributed by atoms with E-state index in [1.807, 2.05) is 41.5 Å². The Morgan fingerprint density at radius 1 is 1.17 bits per heavy atom. The highest BCUT2D eigenvalue weighted by molar-refractivity contribution is 5.36. The van der Waals surface area contributed by atoms with E-state index in [1.54, 1.807) is 0 Å². The standard InChI is InChI=1S/C16H21N7/c1-12-3-4-15-18-19-16(23(15)20-12)13-5-7-22(8-6-13)10-14-9-21(2)11-17-14/h3-4,9,11,13H,5-8,10H2,1-2H3. The van der Waals surface area contributed by atoms with Crippen LogP contribution in [0.4, 0.5) is 0 Å². The molecule has 1 aliphatic rings. The molecule has 7 heteroatoms. The van der Waals surface area contributed by atoms with Crippen LogP contribution in [0.3, 0.4) is 0 Å². The summed E-state index contributed by atoms with van der Waals surface area (Å²) in [6.07, 6.45) is 6.12. The zero-order chi connectivity index (χ0) is 15.8. The Bertz CT molecular complexity index is 811. The molecular weight excluding hydrogens is 290 g/mol. The van der Waals surface area contributed by atoms with Gasteiger partial charge in [0.25, 0.3) is 0 Å². The van der Waals surface area contributed by atoms with E-state index in [2.05, 4.69) is 31.4 Å². The fourth-order valence-corrected chi connectivity index (χ4v) is 3.28. The van der Waals surface area contributed by atoms with Crippen molar-refractivity contribution in [2.75, 3.05) is 13.1 Å². The van der Waals surface area contributed by atoms with Crippen molar-refractivity contribution in [3.8, 4) is 0 Å². The number of hydrogen-bond donors (Lipinski definition) is 0. The second-order valence-electron chi connectivity index (χ2n) is 6.38. The van der Waals surface area contributed by atoms with E-state index in [0.717, 1.165) is 55.3 Å². The Morgan fingerprint density at radius 3 is 2.74 bits per heavy atom. The first-order chi connectivity index (χ1) is 11.2. The molecule has 0 radical (unpaired) electrons. The lowest BCUT2D eigenvalue weighted by Gasteiger charge is -2.30. The Morgan fingerprint density at radius 2 is 2.00 bits per heavy atom. The van der Waals surface area contributed by atoms with E-state index in [0.29, 0.717) is 5.92 Å². The predicted molar refractivity (Wildman–Crippen MR) is 86.0 cm³/mol. The Hall–Kier alpha value is -2.28. The van der Waals surface area contributed by atoms with Gasteiger partial charge in [0.2, 0.25) is 0 Å². The Balaban J connectivity index is 1.45. The van der Waals surface area contributed by atoms with Gasteiger partial charge in [-0.05, 0) is 45.0 Å². The molecule has 23 heavy (non-hydrogen) atoms. The molecule has 0 aromatic carbocycles. The van der Waals surface area contributed by atoms with Crippen molar-refractivity contribution in [2.24, 2.45) is 7.05 Å². The van der Waals surface area contributed by atoms with Crippen LogP contribution >= 0.6 is 0 Å². The highest BCUT2D eigenvalue weighted by Crippen LogP contribution is 2.27. The van der Waals surface area contributed by atoms with E-state index in [9.17, 15) is 0 Å². The van der Waals surface area contributed by atoms with Gasteiger partial charge in [0.05, 0.1) is 17.7 Å². The van der Waals surface area contributed by atoms with Crippen molar-refractivity contribution < 1.29 is 0 Å². The number of nitrogens with zero attached hydrogens (tertiary/aromatic N) is 7. The van der Waals surface area contributed by atoms with Gasteiger partial charge in [0, 0.05) is 25.7 Å². The second kappa shape index (κ2) is 5.73. The number of aromatic nitrogens is 6. The summed E-state index contributed by atoms with van der Waals surface area (Å²) in [7, 11) is 2.01. The first-order valence-electron chi connectivity index (χ1n) is 8.07. The molecule has 0 N–H and O–H groups in total. The van der Waals surface area contributed by atoms with Crippen LogP contribution in [0, 0.1) is 6.92 Å². The van der Waals surface area contributed by atoms with Crippen LogP contribution in [0.5, 0.6) is 0 Å². The van der Waals surface area contributed by atoms with Gasteiger partial charge in [-0.15, -0.1) is 10.2 Å². The van der Waals surface area contributed by atoms with Crippen molar-refractivity contribution in [3.05, 3.63) is 41.9 Å². The number of hydrogen-bond acceptors (Lipinski definition) is 5. The zero-order valence-corrected chi connectivity index (χ0v) is 13.6. The van der Waals surface area contributed by atoms with E-state index >= 15 is 0 Å². The number of aryl methyl sites for hydroxylation is 2. The first-order valence-corrected chi connectivity index (χ1v) is 8.07. The lowest BCUT2D eigenvalue weighted by molar-refractivity contribution is 0.199. The molecule has 1 saturated heterocycles. The van der Waals surface area contributed by atoms with Crippen LogP contribution < -0.4 is 0 Å². The molecular formula is C16H21N7. The Kier molecular flexibility index (Phi) is 3.57. The molecule has 0 aliphatic carbocycles. The van der Waals surface area contributed by atoms with E-state index in [4.69, 9.17) is 0 Å². The van der Waals surface area contributed by atoms with E-state index < -0.39 is 0 Å². The molecule has 3 aromatic rings. The second-order valence-corrected chi connectivity index (χ2v) is 6.38. The smallest absolute Gasteiger partial charge is 0.177 e. The first kappa shape index (κ1) is 14.3.